The van der Waals surface area contributed by atoms with E-state index in [1.807, 2.05) is 97.9 Å². The van der Waals surface area contributed by atoms with Gasteiger partial charge in [-0.15, -0.1) is 0 Å². The number of hydrogen-bond donors (Lipinski definition) is 2. The van der Waals surface area contributed by atoms with E-state index in [1.54, 1.807) is 18.2 Å². The molecule has 1 saturated carbocycles. The Bertz CT molecular complexity index is 2030. The number of rotatable bonds is 6. The summed E-state index contributed by atoms with van der Waals surface area (Å²) in [6.45, 7) is 2.13. The van der Waals surface area contributed by atoms with Crippen molar-refractivity contribution in [3.8, 4) is 5.75 Å². The minimum Gasteiger partial charge on any atom is -0.508 e. The average molecular weight is 717 g/mol. The number of carbonyl (C=O) groups excluding carboxylic acids is 4. The van der Waals surface area contributed by atoms with Gasteiger partial charge in [0.15, 0.2) is 0 Å². The molecule has 2 aliphatic heterocycles. The van der Waals surface area contributed by atoms with E-state index < -0.39 is 46.8 Å². The number of fused-ring (bicyclic) bond motifs is 4. The third-order valence-corrected chi connectivity index (χ3v) is 11.5. The van der Waals surface area contributed by atoms with Crippen molar-refractivity contribution >= 4 is 45.2 Å². The van der Waals surface area contributed by atoms with E-state index >= 15 is 4.79 Å². The van der Waals surface area contributed by atoms with Gasteiger partial charge in [-0.1, -0.05) is 106 Å². The molecule has 0 spiro atoms. The maximum absolute atomic E-state index is 15.2. The van der Waals surface area contributed by atoms with Gasteiger partial charge in [-0.2, -0.15) is 5.01 Å². The topological polar surface area (TPSA) is 107 Å². The van der Waals surface area contributed by atoms with Crippen LogP contribution in [0.2, 0.25) is 0 Å². The number of nitrogens with zero attached hydrogens (tertiary/aromatic N) is 2. The van der Waals surface area contributed by atoms with Crippen molar-refractivity contribution in [3.05, 3.63) is 142 Å². The molecule has 2 aliphatic carbocycles. The summed E-state index contributed by atoms with van der Waals surface area (Å²) >= 11 is 3.58. The van der Waals surface area contributed by atoms with Crippen molar-refractivity contribution in [2.45, 2.75) is 37.6 Å². The Morgan fingerprint density at radius 1 is 0.837 bits per heavy atom. The molecule has 2 N–H and O–H groups in total. The zero-order valence-electron chi connectivity index (χ0n) is 26.8. The maximum atomic E-state index is 15.2. The third kappa shape index (κ3) is 4.77. The molecule has 6 unspecified atom stereocenters. The molecule has 8 rings (SSSR count). The van der Waals surface area contributed by atoms with E-state index in [4.69, 9.17) is 0 Å². The molecular weight excluding hydrogens is 682 g/mol. The molecule has 2 heterocycles. The summed E-state index contributed by atoms with van der Waals surface area (Å²) in [4.78, 5) is 59.5. The van der Waals surface area contributed by atoms with Gasteiger partial charge in [0, 0.05) is 16.0 Å². The summed E-state index contributed by atoms with van der Waals surface area (Å²) in [5.41, 5.74) is 6.07. The second-order valence-corrected chi connectivity index (χ2v) is 14.5. The fraction of sp³-hybridized carbons (Fsp3) is 0.250. The lowest BCUT2D eigenvalue weighted by molar-refractivity contribution is -0.142. The van der Waals surface area contributed by atoms with Gasteiger partial charge in [-0.3, -0.25) is 29.5 Å². The van der Waals surface area contributed by atoms with Crippen LogP contribution < -0.4 is 5.43 Å². The molecule has 4 aromatic rings. The zero-order chi connectivity index (χ0) is 34.0. The Morgan fingerprint density at radius 3 is 2.24 bits per heavy atom. The quantitative estimate of drug-likeness (QED) is 0.171. The number of allylic oxidation sites excluding steroid dienone is 2. The molecule has 0 aromatic heterocycles. The van der Waals surface area contributed by atoms with Crippen molar-refractivity contribution in [3.63, 3.8) is 0 Å². The SMILES string of the molecule is Cc1ccc(NN2C(=O)C3CC4C(=CCC5C(=O)N(Cc6ccccc6)C(=O)C54)C(c4cc(Br)ccc4O)C3(c3ccccc3)C2=O)cc1. The molecular formula is C40H34BrN3O5. The molecule has 4 amide bonds. The lowest BCUT2D eigenvalue weighted by atomic mass is 9.49. The molecule has 8 nitrogen and oxygen atoms in total. The number of anilines is 1. The second-order valence-electron chi connectivity index (χ2n) is 13.5. The first kappa shape index (κ1) is 31.3. The van der Waals surface area contributed by atoms with Crippen LogP contribution in [0, 0.1) is 30.6 Å². The number of phenolic OH excluding ortho intramolecular Hbond substituents is 1. The second kappa shape index (κ2) is 11.8. The van der Waals surface area contributed by atoms with E-state index in [0.717, 1.165) is 21.7 Å². The van der Waals surface area contributed by atoms with Crippen LogP contribution in [0.5, 0.6) is 5.75 Å². The van der Waals surface area contributed by atoms with Crippen molar-refractivity contribution < 1.29 is 24.3 Å². The van der Waals surface area contributed by atoms with Gasteiger partial charge >= 0.3 is 0 Å². The maximum Gasteiger partial charge on any atom is 0.260 e. The van der Waals surface area contributed by atoms with Crippen LogP contribution in [-0.4, -0.2) is 38.6 Å². The fourth-order valence-corrected chi connectivity index (χ4v) is 9.21. The number of benzene rings is 4. The minimum atomic E-state index is -1.45. The lowest BCUT2D eigenvalue weighted by Crippen LogP contribution is -2.53. The van der Waals surface area contributed by atoms with Gasteiger partial charge in [0.2, 0.25) is 11.8 Å². The normalized spacial score (nSPS) is 27.5. The molecule has 9 heteroatoms. The standard InChI is InChI=1S/C40H34BrN3O5/c1-23-12-15-27(16-13-23)42-44-37(47)32-21-30-28(17-18-29-34(30)38(48)43(36(29)46)22-24-8-4-2-5-9-24)35(31-20-26(41)14-19-33(31)45)40(32,39(44)49)25-10-6-3-7-11-25/h2-17,19-20,29-30,32,34-35,42,45H,18,21-22H2,1H3. The van der Waals surface area contributed by atoms with Gasteiger partial charge in [0.25, 0.3) is 11.8 Å². The number of carbonyl (C=O) groups is 4. The summed E-state index contributed by atoms with van der Waals surface area (Å²) in [6, 6.07) is 31.3. The van der Waals surface area contributed by atoms with Crippen LogP contribution in [0.25, 0.3) is 0 Å². The highest BCUT2D eigenvalue weighted by atomic mass is 79.9. The summed E-state index contributed by atoms with van der Waals surface area (Å²) in [6.07, 6.45) is 2.52. The predicted molar refractivity (Wildman–Crippen MR) is 187 cm³/mol. The smallest absolute Gasteiger partial charge is 0.260 e. The summed E-state index contributed by atoms with van der Waals surface area (Å²) in [5.74, 6) is -4.79. The number of hydrogen-bond acceptors (Lipinski definition) is 6. The van der Waals surface area contributed by atoms with E-state index in [9.17, 15) is 19.5 Å². The highest BCUT2D eigenvalue weighted by molar-refractivity contribution is 9.10. The fourth-order valence-electron chi connectivity index (χ4n) is 8.84. The number of halogens is 1. The third-order valence-electron chi connectivity index (χ3n) is 11.0. The first-order chi connectivity index (χ1) is 23.7. The van der Waals surface area contributed by atoms with E-state index in [1.165, 1.54) is 4.90 Å². The van der Waals surface area contributed by atoms with Crippen LogP contribution in [0.15, 0.2) is 119 Å². The van der Waals surface area contributed by atoms with E-state index in [2.05, 4.69) is 21.4 Å². The monoisotopic (exact) mass is 715 g/mol. The molecule has 3 fully saturated rings. The number of nitrogens with one attached hydrogen (secondary N) is 1. The molecule has 6 atom stereocenters. The summed E-state index contributed by atoms with van der Waals surface area (Å²) < 4.78 is 0.698. The Morgan fingerprint density at radius 2 is 1.53 bits per heavy atom. The number of amides is 4. The molecule has 246 valence electrons. The number of aryl methyl sites for hydroxylation is 1. The molecule has 2 saturated heterocycles. The predicted octanol–water partition coefficient (Wildman–Crippen LogP) is 6.65. The van der Waals surface area contributed by atoms with Crippen LogP contribution in [0.1, 0.15) is 41.0 Å². The molecule has 4 aliphatic rings. The molecule has 49 heavy (non-hydrogen) atoms. The van der Waals surface area contributed by atoms with Gasteiger partial charge in [0.05, 0.1) is 35.4 Å². The Balaban J connectivity index is 1.30. The van der Waals surface area contributed by atoms with Crippen LogP contribution in [0.3, 0.4) is 0 Å². The van der Waals surface area contributed by atoms with Crippen molar-refractivity contribution in [2.75, 3.05) is 5.43 Å². The van der Waals surface area contributed by atoms with Crippen LogP contribution in [-0.2, 0) is 31.1 Å². The molecule has 0 radical (unpaired) electrons. The highest BCUT2D eigenvalue weighted by Crippen LogP contribution is 2.65. The van der Waals surface area contributed by atoms with Crippen LogP contribution in [0.4, 0.5) is 5.69 Å². The molecule has 4 aromatic carbocycles. The van der Waals surface area contributed by atoms with E-state index in [0.29, 0.717) is 27.7 Å². The van der Waals surface area contributed by atoms with Gasteiger partial charge in [0.1, 0.15) is 5.75 Å². The number of imide groups is 2. The van der Waals surface area contributed by atoms with Gasteiger partial charge in [-0.25, -0.2) is 0 Å². The minimum absolute atomic E-state index is 0.0179. The molecule has 0 bridgehead atoms. The largest absolute Gasteiger partial charge is 0.508 e. The van der Waals surface area contributed by atoms with Crippen molar-refractivity contribution in [1.82, 2.24) is 9.91 Å². The van der Waals surface area contributed by atoms with Crippen LogP contribution >= 0.6 is 15.9 Å². The Labute approximate surface area is 292 Å². The summed E-state index contributed by atoms with van der Waals surface area (Å²) in [5, 5.41) is 12.7. The van der Waals surface area contributed by atoms with Crippen molar-refractivity contribution in [2.24, 2.45) is 23.7 Å². The van der Waals surface area contributed by atoms with E-state index in [-0.39, 0.29) is 30.5 Å². The Kier molecular flexibility index (Phi) is 7.55. The Hall–Kier alpha value is -5.02. The average Bonchev–Trinajstić information content (AvgIpc) is 3.48. The first-order valence-electron chi connectivity index (χ1n) is 16.5. The lowest BCUT2D eigenvalue weighted by Gasteiger charge is -2.50. The van der Waals surface area contributed by atoms with Crippen molar-refractivity contribution in [1.29, 1.82) is 0 Å². The zero-order valence-corrected chi connectivity index (χ0v) is 28.3. The first-order valence-corrected chi connectivity index (χ1v) is 17.3. The highest BCUT2D eigenvalue weighted by Gasteiger charge is 2.70. The summed E-state index contributed by atoms with van der Waals surface area (Å²) in [7, 11) is 0. The number of aromatic hydroxyl groups is 1. The van der Waals surface area contributed by atoms with Gasteiger partial charge < -0.3 is 5.11 Å². The number of likely N-dealkylation sites (tertiary alicyclic amines) is 1. The number of hydrazine groups is 1. The van der Waals surface area contributed by atoms with Gasteiger partial charge in [-0.05, 0) is 67.1 Å². The number of phenols is 1.